The zero-order valence-corrected chi connectivity index (χ0v) is 15.4. The third kappa shape index (κ3) is 5.89. The van der Waals surface area contributed by atoms with E-state index in [9.17, 15) is 4.79 Å². The summed E-state index contributed by atoms with van der Waals surface area (Å²) in [7, 11) is 1.78. The second-order valence-corrected chi connectivity index (χ2v) is 6.27. The summed E-state index contributed by atoms with van der Waals surface area (Å²) >= 11 is 0. The number of hydrogen-bond acceptors (Lipinski definition) is 3. The number of amides is 1. The van der Waals surface area contributed by atoms with E-state index in [1.807, 2.05) is 84.9 Å². The van der Waals surface area contributed by atoms with Gasteiger partial charge in [-0.2, -0.15) is 0 Å². The van der Waals surface area contributed by atoms with Crippen molar-refractivity contribution in [1.29, 1.82) is 0 Å². The molecule has 3 aromatic carbocycles. The molecule has 0 bridgehead atoms. The van der Waals surface area contributed by atoms with Gasteiger partial charge in [0.05, 0.1) is 0 Å². The average molecular weight is 361 g/mol. The number of carbonyl (C=O) groups is 1. The highest BCUT2D eigenvalue weighted by Gasteiger charge is 2.10. The molecule has 0 saturated heterocycles. The minimum Gasteiger partial charge on any atom is -0.489 e. The van der Waals surface area contributed by atoms with Crippen LogP contribution in [-0.2, 0) is 17.9 Å². The molecule has 0 radical (unpaired) electrons. The van der Waals surface area contributed by atoms with Crippen LogP contribution in [0.4, 0.5) is 0 Å². The maximum Gasteiger partial charge on any atom is 0.260 e. The highest BCUT2D eigenvalue weighted by atomic mass is 16.5. The van der Waals surface area contributed by atoms with E-state index in [4.69, 9.17) is 9.47 Å². The van der Waals surface area contributed by atoms with Gasteiger partial charge in [-0.05, 0) is 35.4 Å². The SMILES string of the molecule is CN(Cc1ccccc1)C(=O)COc1ccc(OCc2ccccc2)cc1. The van der Waals surface area contributed by atoms with Crippen molar-refractivity contribution in [2.24, 2.45) is 0 Å². The number of ether oxygens (including phenoxy) is 2. The fourth-order valence-corrected chi connectivity index (χ4v) is 2.57. The number of carbonyl (C=O) groups excluding carboxylic acids is 1. The van der Waals surface area contributed by atoms with E-state index in [0.717, 1.165) is 16.9 Å². The van der Waals surface area contributed by atoms with Crippen molar-refractivity contribution in [1.82, 2.24) is 4.90 Å². The molecule has 0 N–H and O–H groups in total. The smallest absolute Gasteiger partial charge is 0.260 e. The topological polar surface area (TPSA) is 38.8 Å². The van der Waals surface area contributed by atoms with Gasteiger partial charge < -0.3 is 14.4 Å². The standard InChI is InChI=1S/C23H23NO3/c1-24(16-19-8-4-2-5-9-19)23(25)18-27-22-14-12-21(13-15-22)26-17-20-10-6-3-7-11-20/h2-15H,16-18H2,1H3. The zero-order chi connectivity index (χ0) is 18.9. The molecular weight excluding hydrogens is 338 g/mol. The third-order valence-corrected chi connectivity index (χ3v) is 4.12. The van der Waals surface area contributed by atoms with Crippen molar-refractivity contribution in [3.8, 4) is 11.5 Å². The third-order valence-electron chi connectivity index (χ3n) is 4.12. The van der Waals surface area contributed by atoms with Gasteiger partial charge in [0.1, 0.15) is 18.1 Å². The number of nitrogens with zero attached hydrogens (tertiary/aromatic N) is 1. The Balaban J connectivity index is 1.44. The van der Waals surface area contributed by atoms with Gasteiger partial charge in [0.2, 0.25) is 0 Å². The summed E-state index contributed by atoms with van der Waals surface area (Å²) in [5.74, 6) is 1.34. The molecule has 3 aromatic rings. The molecule has 1 amide bonds. The lowest BCUT2D eigenvalue weighted by Gasteiger charge is -2.17. The normalized spacial score (nSPS) is 10.3. The van der Waals surface area contributed by atoms with Crippen LogP contribution >= 0.6 is 0 Å². The highest BCUT2D eigenvalue weighted by Crippen LogP contribution is 2.19. The molecule has 0 saturated carbocycles. The van der Waals surface area contributed by atoms with Gasteiger partial charge in [-0.3, -0.25) is 4.79 Å². The van der Waals surface area contributed by atoms with Crippen LogP contribution in [0.1, 0.15) is 11.1 Å². The molecule has 0 aliphatic carbocycles. The monoisotopic (exact) mass is 361 g/mol. The number of benzene rings is 3. The Morgan fingerprint density at radius 2 is 1.26 bits per heavy atom. The Morgan fingerprint density at radius 3 is 1.85 bits per heavy atom. The summed E-state index contributed by atoms with van der Waals surface area (Å²) in [4.78, 5) is 13.9. The van der Waals surface area contributed by atoms with Crippen molar-refractivity contribution < 1.29 is 14.3 Å². The molecule has 4 nitrogen and oxygen atoms in total. The van der Waals surface area contributed by atoms with Crippen LogP contribution in [0.3, 0.4) is 0 Å². The van der Waals surface area contributed by atoms with Gasteiger partial charge in [-0.15, -0.1) is 0 Å². The van der Waals surface area contributed by atoms with Crippen LogP contribution in [0.5, 0.6) is 11.5 Å². The first-order chi connectivity index (χ1) is 13.2. The second-order valence-electron chi connectivity index (χ2n) is 6.27. The van der Waals surface area contributed by atoms with Crippen molar-refractivity contribution in [2.45, 2.75) is 13.2 Å². The molecule has 0 unspecified atom stereocenters. The minimum absolute atomic E-state index is 0.00749. The Kier molecular flexibility index (Phi) is 6.47. The number of hydrogen-bond donors (Lipinski definition) is 0. The van der Waals surface area contributed by atoms with Crippen LogP contribution in [0.2, 0.25) is 0 Å². The first-order valence-corrected chi connectivity index (χ1v) is 8.88. The van der Waals surface area contributed by atoms with Crippen molar-refractivity contribution in [2.75, 3.05) is 13.7 Å². The summed E-state index contributed by atoms with van der Waals surface area (Å²) in [5, 5.41) is 0. The van der Waals surface area contributed by atoms with Crippen molar-refractivity contribution in [3.63, 3.8) is 0 Å². The van der Waals surface area contributed by atoms with Crippen molar-refractivity contribution in [3.05, 3.63) is 96.1 Å². The van der Waals surface area contributed by atoms with E-state index >= 15 is 0 Å². The van der Waals surface area contributed by atoms with Gasteiger partial charge in [0.15, 0.2) is 6.61 Å². The fourth-order valence-electron chi connectivity index (χ4n) is 2.57. The lowest BCUT2D eigenvalue weighted by molar-refractivity contribution is -0.132. The van der Waals surface area contributed by atoms with E-state index < -0.39 is 0 Å². The lowest BCUT2D eigenvalue weighted by atomic mass is 10.2. The molecular formula is C23H23NO3. The van der Waals surface area contributed by atoms with Gasteiger partial charge in [0, 0.05) is 13.6 Å². The van der Waals surface area contributed by atoms with Crippen LogP contribution in [0.25, 0.3) is 0 Å². The molecule has 0 spiro atoms. The summed E-state index contributed by atoms with van der Waals surface area (Å²) in [6, 6.07) is 27.2. The maximum atomic E-state index is 12.2. The van der Waals surface area contributed by atoms with E-state index in [2.05, 4.69) is 0 Å². The summed E-state index contributed by atoms with van der Waals surface area (Å²) in [6.45, 7) is 1.09. The molecule has 4 heteroatoms. The predicted molar refractivity (Wildman–Crippen MR) is 106 cm³/mol. The number of rotatable bonds is 8. The Bertz CT molecular complexity index is 833. The van der Waals surface area contributed by atoms with Gasteiger partial charge >= 0.3 is 0 Å². The molecule has 0 heterocycles. The predicted octanol–water partition coefficient (Wildman–Crippen LogP) is 4.30. The molecule has 0 fully saturated rings. The van der Waals surface area contributed by atoms with E-state index in [1.165, 1.54) is 0 Å². The first kappa shape index (κ1) is 18.5. The number of likely N-dealkylation sites (N-methyl/N-ethyl adjacent to an activating group) is 1. The molecule has 0 atom stereocenters. The molecule has 0 aliphatic heterocycles. The lowest BCUT2D eigenvalue weighted by Crippen LogP contribution is -2.30. The Morgan fingerprint density at radius 1 is 0.741 bits per heavy atom. The zero-order valence-electron chi connectivity index (χ0n) is 15.4. The molecule has 0 aliphatic rings. The van der Waals surface area contributed by atoms with Crippen LogP contribution in [-0.4, -0.2) is 24.5 Å². The summed E-state index contributed by atoms with van der Waals surface area (Å²) < 4.78 is 11.3. The summed E-state index contributed by atoms with van der Waals surface area (Å²) in [6.07, 6.45) is 0. The van der Waals surface area contributed by atoms with Gasteiger partial charge in [-0.1, -0.05) is 60.7 Å². The molecule has 27 heavy (non-hydrogen) atoms. The second kappa shape index (κ2) is 9.43. The van der Waals surface area contributed by atoms with Gasteiger partial charge in [0.25, 0.3) is 5.91 Å². The average Bonchev–Trinajstić information content (AvgIpc) is 2.72. The van der Waals surface area contributed by atoms with E-state index in [1.54, 1.807) is 11.9 Å². The first-order valence-electron chi connectivity index (χ1n) is 8.88. The highest BCUT2D eigenvalue weighted by molar-refractivity contribution is 5.77. The van der Waals surface area contributed by atoms with Crippen LogP contribution in [0, 0.1) is 0 Å². The van der Waals surface area contributed by atoms with E-state index in [0.29, 0.717) is 18.9 Å². The quantitative estimate of drug-likeness (QED) is 0.600. The Hall–Kier alpha value is -3.27. The fraction of sp³-hybridized carbons (Fsp3) is 0.174. The minimum atomic E-state index is -0.0664. The molecule has 3 rings (SSSR count). The Labute approximate surface area is 160 Å². The largest absolute Gasteiger partial charge is 0.489 e. The van der Waals surface area contributed by atoms with Crippen LogP contribution < -0.4 is 9.47 Å². The van der Waals surface area contributed by atoms with Gasteiger partial charge in [-0.25, -0.2) is 0 Å². The summed E-state index contributed by atoms with van der Waals surface area (Å²) in [5.41, 5.74) is 2.21. The maximum absolute atomic E-state index is 12.2. The molecule has 0 aromatic heterocycles. The van der Waals surface area contributed by atoms with Crippen molar-refractivity contribution >= 4 is 5.91 Å². The van der Waals surface area contributed by atoms with Crippen LogP contribution in [0.15, 0.2) is 84.9 Å². The molecule has 138 valence electrons. The van der Waals surface area contributed by atoms with E-state index in [-0.39, 0.29) is 12.5 Å².